The van der Waals surface area contributed by atoms with Crippen molar-refractivity contribution in [2.75, 3.05) is 6.61 Å². The topological polar surface area (TPSA) is 84.9 Å². The summed E-state index contributed by atoms with van der Waals surface area (Å²) in [6, 6.07) is 13.3. The average molecular weight is 357 g/mol. The molecule has 0 aromatic heterocycles. The highest BCUT2D eigenvalue weighted by Gasteiger charge is 2.20. The molecular formula is C20H23NO5. The molecule has 0 amide bonds. The lowest BCUT2D eigenvalue weighted by Gasteiger charge is -2.18. The van der Waals surface area contributed by atoms with Crippen molar-refractivity contribution in [3.05, 3.63) is 59.7 Å². The molecule has 0 fully saturated rings. The minimum absolute atomic E-state index is 0.171. The highest BCUT2D eigenvalue weighted by Crippen LogP contribution is 2.19. The average Bonchev–Trinajstić information content (AvgIpc) is 2.61. The molecule has 0 aliphatic carbocycles. The maximum absolute atomic E-state index is 12.3. The Labute approximate surface area is 152 Å². The van der Waals surface area contributed by atoms with Crippen molar-refractivity contribution in [3.63, 3.8) is 0 Å². The van der Waals surface area contributed by atoms with Crippen LogP contribution in [0.15, 0.2) is 48.5 Å². The molecule has 0 saturated heterocycles. The van der Waals surface area contributed by atoms with Gasteiger partial charge in [0.25, 0.3) is 0 Å². The SMILES string of the molecule is CCOC(=O)[C@H](Cc1ccc(O)cc1)NCc1ccccc1OC(C)=O. The number of carbonyl (C=O) groups is 2. The number of phenols is 1. The number of esters is 2. The number of rotatable bonds is 8. The molecule has 6 heteroatoms. The Balaban J connectivity index is 2.10. The number of hydrogen-bond donors (Lipinski definition) is 2. The highest BCUT2D eigenvalue weighted by atomic mass is 16.5. The second-order valence-corrected chi connectivity index (χ2v) is 5.76. The molecule has 0 unspecified atom stereocenters. The summed E-state index contributed by atoms with van der Waals surface area (Å²) in [5.74, 6) is -0.126. The molecule has 2 N–H and O–H groups in total. The van der Waals surface area contributed by atoms with Gasteiger partial charge in [0, 0.05) is 19.0 Å². The van der Waals surface area contributed by atoms with Crippen molar-refractivity contribution in [1.82, 2.24) is 5.32 Å². The molecule has 26 heavy (non-hydrogen) atoms. The third-order valence-electron chi connectivity index (χ3n) is 3.71. The predicted octanol–water partition coefficient (Wildman–Crippen LogP) is 2.58. The molecule has 2 aromatic rings. The summed E-state index contributed by atoms with van der Waals surface area (Å²) in [7, 11) is 0. The molecule has 6 nitrogen and oxygen atoms in total. The first-order valence-electron chi connectivity index (χ1n) is 8.43. The van der Waals surface area contributed by atoms with Gasteiger partial charge in [-0.15, -0.1) is 0 Å². The largest absolute Gasteiger partial charge is 0.508 e. The van der Waals surface area contributed by atoms with Gasteiger partial charge in [-0.25, -0.2) is 0 Å². The lowest BCUT2D eigenvalue weighted by atomic mass is 10.1. The summed E-state index contributed by atoms with van der Waals surface area (Å²) < 4.78 is 10.3. The number of nitrogens with one attached hydrogen (secondary N) is 1. The fourth-order valence-electron chi connectivity index (χ4n) is 2.49. The number of ether oxygens (including phenoxy) is 2. The summed E-state index contributed by atoms with van der Waals surface area (Å²) >= 11 is 0. The maximum Gasteiger partial charge on any atom is 0.323 e. The fourth-order valence-corrected chi connectivity index (χ4v) is 2.49. The predicted molar refractivity (Wildman–Crippen MR) is 96.8 cm³/mol. The van der Waals surface area contributed by atoms with Gasteiger partial charge < -0.3 is 14.6 Å². The quantitative estimate of drug-likeness (QED) is 0.558. The van der Waals surface area contributed by atoms with Gasteiger partial charge in [-0.1, -0.05) is 30.3 Å². The van der Waals surface area contributed by atoms with Crippen molar-refractivity contribution in [2.45, 2.75) is 32.9 Å². The molecule has 2 rings (SSSR count). The Bertz CT molecular complexity index is 742. The molecule has 0 saturated carbocycles. The van der Waals surface area contributed by atoms with Crippen LogP contribution in [0.2, 0.25) is 0 Å². The molecule has 0 heterocycles. The zero-order valence-corrected chi connectivity index (χ0v) is 14.9. The number of hydrogen-bond acceptors (Lipinski definition) is 6. The molecule has 0 aliphatic rings. The van der Waals surface area contributed by atoms with Gasteiger partial charge in [-0.05, 0) is 37.1 Å². The lowest BCUT2D eigenvalue weighted by Crippen LogP contribution is -2.39. The summed E-state index contributed by atoms with van der Waals surface area (Å²) in [5.41, 5.74) is 1.66. The van der Waals surface area contributed by atoms with Crippen LogP contribution in [0.4, 0.5) is 0 Å². The first-order valence-corrected chi connectivity index (χ1v) is 8.43. The molecule has 1 atom stereocenters. The fraction of sp³-hybridized carbons (Fsp3) is 0.300. The van der Waals surface area contributed by atoms with E-state index in [1.54, 1.807) is 43.3 Å². The van der Waals surface area contributed by atoms with Gasteiger partial charge in [0.15, 0.2) is 0 Å². The van der Waals surface area contributed by atoms with Crippen LogP contribution < -0.4 is 10.1 Å². The number of benzene rings is 2. The second kappa shape index (κ2) is 9.58. The Kier molecular flexibility index (Phi) is 7.17. The van der Waals surface area contributed by atoms with Gasteiger partial charge in [0.2, 0.25) is 0 Å². The summed E-state index contributed by atoms with van der Waals surface area (Å²) in [6.45, 7) is 3.73. The van der Waals surface area contributed by atoms with Gasteiger partial charge in [0.05, 0.1) is 6.61 Å². The second-order valence-electron chi connectivity index (χ2n) is 5.76. The minimum Gasteiger partial charge on any atom is -0.508 e. The Morgan fingerprint density at radius 3 is 2.46 bits per heavy atom. The van der Waals surface area contributed by atoms with Crippen molar-refractivity contribution < 1.29 is 24.2 Å². The lowest BCUT2D eigenvalue weighted by molar-refractivity contribution is -0.145. The van der Waals surface area contributed by atoms with Crippen LogP contribution in [0, 0.1) is 0 Å². The minimum atomic E-state index is -0.565. The molecular weight excluding hydrogens is 334 g/mol. The standard InChI is InChI=1S/C20H23NO5/c1-3-25-20(24)18(12-15-8-10-17(23)11-9-15)21-13-16-6-4-5-7-19(16)26-14(2)22/h4-11,18,21,23H,3,12-13H2,1-2H3/t18-/m0/s1. The summed E-state index contributed by atoms with van der Waals surface area (Å²) in [6.07, 6.45) is 0.412. The molecule has 0 radical (unpaired) electrons. The van der Waals surface area contributed by atoms with Crippen LogP contribution in [0.1, 0.15) is 25.0 Å². The van der Waals surface area contributed by atoms with E-state index in [1.165, 1.54) is 6.92 Å². The van der Waals surface area contributed by atoms with E-state index in [4.69, 9.17) is 9.47 Å². The van der Waals surface area contributed by atoms with E-state index in [0.29, 0.717) is 18.7 Å². The van der Waals surface area contributed by atoms with Gasteiger partial charge in [-0.3, -0.25) is 14.9 Å². The van der Waals surface area contributed by atoms with E-state index >= 15 is 0 Å². The van der Waals surface area contributed by atoms with Gasteiger partial charge in [0.1, 0.15) is 17.5 Å². The molecule has 0 spiro atoms. The first-order chi connectivity index (χ1) is 12.5. The van der Waals surface area contributed by atoms with Crippen LogP contribution in [0.3, 0.4) is 0 Å². The van der Waals surface area contributed by atoms with Gasteiger partial charge in [-0.2, -0.15) is 0 Å². The van der Waals surface area contributed by atoms with E-state index in [-0.39, 0.29) is 18.3 Å². The third kappa shape index (κ3) is 5.89. The van der Waals surface area contributed by atoms with E-state index in [9.17, 15) is 14.7 Å². The normalized spacial score (nSPS) is 11.6. The van der Waals surface area contributed by atoms with E-state index in [1.807, 2.05) is 12.1 Å². The molecule has 2 aromatic carbocycles. The van der Waals surface area contributed by atoms with Crippen LogP contribution in [0.25, 0.3) is 0 Å². The number of carbonyl (C=O) groups excluding carboxylic acids is 2. The van der Waals surface area contributed by atoms with Crippen LogP contribution >= 0.6 is 0 Å². The van der Waals surface area contributed by atoms with Crippen molar-refractivity contribution >= 4 is 11.9 Å². The monoisotopic (exact) mass is 357 g/mol. The maximum atomic E-state index is 12.3. The van der Waals surface area contributed by atoms with Crippen molar-refractivity contribution in [3.8, 4) is 11.5 Å². The van der Waals surface area contributed by atoms with Gasteiger partial charge >= 0.3 is 11.9 Å². The smallest absolute Gasteiger partial charge is 0.323 e. The summed E-state index contributed by atoms with van der Waals surface area (Å²) in [5, 5.41) is 12.6. The third-order valence-corrected chi connectivity index (χ3v) is 3.71. The Hall–Kier alpha value is -2.86. The van der Waals surface area contributed by atoms with E-state index in [0.717, 1.165) is 11.1 Å². The highest BCUT2D eigenvalue weighted by molar-refractivity contribution is 5.76. The van der Waals surface area contributed by atoms with E-state index < -0.39 is 12.0 Å². The zero-order valence-electron chi connectivity index (χ0n) is 14.9. The Morgan fingerprint density at radius 1 is 1.12 bits per heavy atom. The van der Waals surface area contributed by atoms with Crippen LogP contribution in [0.5, 0.6) is 11.5 Å². The summed E-state index contributed by atoms with van der Waals surface area (Å²) in [4.78, 5) is 23.5. The molecule has 138 valence electrons. The van der Waals surface area contributed by atoms with Crippen LogP contribution in [-0.2, 0) is 27.3 Å². The van der Waals surface area contributed by atoms with E-state index in [2.05, 4.69) is 5.32 Å². The van der Waals surface area contributed by atoms with Crippen molar-refractivity contribution in [2.24, 2.45) is 0 Å². The Morgan fingerprint density at radius 2 is 1.81 bits per heavy atom. The number of phenolic OH excluding ortho intramolecular Hbond substituents is 1. The van der Waals surface area contributed by atoms with Crippen molar-refractivity contribution in [1.29, 1.82) is 0 Å². The first kappa shape index (κ1) is 19.5. The van der Waals surface area contributed by atoms with Crippen LogP contribution in [-0.4, -0.2) is 29.7 Å². The zero-order chi connectivity index (χ0) is 18.9. The number of para-hydroxylation sites is 1. The number of aromatic hydroxyl groups is 1. The molecule has 0 aliphatic heterocycles. The molecule has 0 bridgehead atoms.